The number of piperidine rings is 1. The predicted octanol–water partition coefficient (Wildman–Crippen LogP) is 1.92. The van der Waals surface area contributed by atoms with Crippen LogP contribution in [0.2, 0.25) is 0 Å². The maximum absolute atomic E-state index is 12.1. The third kappa shape index (κ3) is 4.26. The van der Waals surface area contributed by atoms with E-state index in [4.69, 9.17) is 9.47 Å². The Balaban J connectivity index is 1.93. The summed E-state index contributed by atoms with van der Waals surface area (Å²) >= 11 is 0. The van der Waals surface area contributed by atoms with Crippen LogP contribution in [0.25, 0.3) is 0 Å². The van der Waals surface area contributed by atoms with Crippen molar-refractivity contribution in [3.8, 4) is 11.5 Å². The van der Waals surface area contributed by atoms with Gasteiger partial charge < -0.3 is 25.0 Å². The smallest absolute Gasteiger partial charge is 0.319 e. The molecule has 6 heteroatoms. The Labute approximate surface area is 125 Å². The van der Waals surface area contributed by atoms with Crippen molar-refractivity contribution in [1.29, 1.82) is 0 Å². The highest BCUT2D eigenvalue weighted by molar-refractivity contribution is 5.91. The number of methoxy groups -OCH3 is 2. The van der Waals surface area contributed by atoms with Gasteiger partial charge in [-0.3, -0.25) is 0 Å². The first-order chi connectivity index (χ1) is 10.1. The molecule has 0 atom stereocenters. The summed E-state index contributed by atoms with van der Waals surface area (Å²) in [6.07, 6.45) is 1.95. The first kappa shape index (κ1) is 15.4. The van der Waals surface area contributed by atoms with Gasteiger partial charge in [-0.2, -0.15) is 0 Å². The summed E-state index contributed by atoms with van der Waals surface area (Å²) in [6.45, 7) is 2.02. The predicted molar refractivity (Wildman–Crippen MR) is 82.2 cm³/mol. The fraction of sp³-hybridized carbons (Fsp3) is 0.533. The molecular weight excluding hydrogens is 270 g/mol. The Morgan fingerprint density at radius 1 is 1.24 bits per heavy atom. The highest BCUT2D eigenvalue weighted by atomic mass is 16.5. The third-order valence-corrected chi connectivity index (χ3v) is 3.71. The van der Waals surface area contributed by atoms with E-state index in [-0.39, 0.29) is 12.1 Å². The van der Waals surface area contributed by atoms with E-state index in [1.807, 2.05) is 0 Å². The number of benzene rings is 1. The van der Waals surface area contributed by atoms with Gasteiger partial charge in [0, 0.05) is 12.1 Å². The highest BCUT2D eigenvalue weighted by Gasteiger charge is 2.19. The van der Waals surface area contributed by atoms with Crippen LogP contribution in [0.5, 0.6) is 11.5 Å². The molecule has 1 saturated heterocycles. The topological polar surface area (TPSA) is 62.8 Å². The second kappa shape index (κ2) is 7.17. The summed E-state index contributed by atoms with van der Waals surface area (Å²) in [6, 6.07) is 5.32. The summed E-state index contributed by atoms with van der Waals surface area (Å²) in [5, 5.41) is 5.83. The highest BCUT2D eigenvalue weighted by Crippen LogP contribution is 2.28. The number of nitrogens with one attached hydrogen (secondary N) is 2. The van der Waals surface area contributed by atoms with Crippen LogP contribution in [0.3, 0.4) is 0 Å². The number of amides is 2. The monoisotopic (exact) mass is 293 g/mol. The number of hydrogen-bond donors (Lipinski definition) is 2. The van der Waals surface area contributed by atoms with Crippen molar-refractivity contribution >= 4 is 11.7 Å². The van der Waals surface area contributed by atoms with E-state index in [1.54, 1.807) is 32.4 Å². The van der Waals surface area contributed by atoms with E-state index < -0.39 is 0 Å². The van der Waals surface area contributed by atoms with Crippen LogP contribution < -0.4 is 20.1 Å². The van der Waals surface area contributed by atoms with Crippen LogP contribution in [-0.4, -0.2) is 51.3 Å². The fourth-order valence-corrected chi connectivity index (χ4v) is 2.40. The molecule has 1 aliphatic heterocycles. The molecule has 0 bridgehead atoms. The molecule has 0 saturated carbocycles. The standard InChI is InChI=1S/C15H23N3O3/c1-18-8-6-11(7-9-18)16-15(19)17-13-5-4-12(20-2)10-14(13)21-3/h4-5,10-11H,6-9H2,1-3H3,(H2,16,17,19). The molecule has 116 valence electrons. The van der Waals surface area contributed by atoms with Crippen molar-refractivity contribution in [2.75, 3.05) is 39.7 Å². The molecule has 1 fully saturated rings. The molecule has 21 heavy (non-hydrogen) atoms. The zero-order valence-electron chi connectivity index (χ0n) is 12.8. The van der Waals surface area contributed by atoms with Gasteiger partial charge >= 0.3 is 6.03 Å². The summed E-state index contributed by atoms with van der Waals surface area (Å²) in [5.41, 5.74) is 0.628. The van der Waals surface area contributed by atoms with Crippen molar-refractivity contribution in [3.05, 3.63) is 18.2 Å². The maximum Gasteiger partial charge on any atom is 0.319 e. The Hall–Kier alpha value is -1.95. The Morgan fingerprint density at radius 3 is 2.57 bits per heavy atom. The molecular formula is C15H23N3O3. The summed E-state index contributed by atoms with van der Waals surface area (Å²) in [7, 11) is 5.25. The first-order valence-corrected chi connectivity index (χ1v) is 7.10. The van der Waals surface area contributed by atoms with Crippen LogP contribution in [0.1, 0.15) is 12.8 Å². The van der Waals surface area contributed by atoms with E-state index in [0.717, 1.165) is 25.9 Å². The number of carbonyl (C=O) groups excluding carboxylic acids is 1. The van der Waals surface area contributed by atoms with Crippen molar-refractivity contribution in [1.82, 2.24) is 10.2 Å². The Kier molecular flexibility index (Phi) is 5.27. The van der Waals surface area contributed by atoms with Crippen LogP contribution in [0.4, 0.5) is 10.5 Å². The number of hydrogen-bond acceptors (Lipinski definition) is 4. The fourth-order valence-electron chi connectivity index (χ4n) is 2.40. The van der Waals surface area contributed by atoms with E-state index in [0.29, 0.717) is 17.2 Å². The van der Waals surface area contributed by atoms with Crippen LogP contribution in [0, 0.1) is 0 Å². The number of carbonyl (C=O) groups is 1. The molecule has 2 N–H and O–H groups in total. The second-order valence-corrected chi connectivity index (χ2v) is 5.24. The minimum Gasteiger partial charge on any atom is -0.497 e. The van der Waals surface area contributed by atoms with Crippen LogP contribution in [0.15, 0.2) is 18.2 Å². The number of nitrogens with zero attached hydrogens (tertiary/aromatic N) is 1. The quantitative estimate of drug-likeness (QED) is 0.890. The lowest BCUT2D eigenvalue weighted by atomic mass is 10.1. The number of likely N-dealkylation sites (tertiary alicyclic amines) is 1. The Bertz CT molecular complexity index is 485. The number of ether oxygens (including phenoxy) is 2. The average molecular weight is 293 g/mol. The van der Waals surface area contributed by atoms with Gasteiger partial charge in [0.2, 0.25) is 0 Å². The average Bonchev–Trinajstić information content (AvgIpc) is 2.50. The van der Waals surface area contributed by atoms with Crippen molar-refractivity contribution in [2.45, 2.75) is 18.9 Å². The molecule has 6 nitrogen and oxygen atoms in total. The molecule has 2 amide bonds. The normalized spacial score (nSPS) is 16.3. The molecule has 0 aliphatic carbocycles. The van der Waals surface area contributed by atoms with E-state index in [1.165, 1.54) is 0 Å². The zero-order chi connectivity index (χ0) is 15.2. The summed E-state index contributed by atoms with van der Waals surface area (Å²) < 4.78 is 10.4. The number of anilines is 1. The van der Waals surface area contributed by atoms with Crippen LogP contribution >= 0.6 is 0 Å². The zero-order valence-corrected chi connectivity index (χ0v) is 12.8. The van der Waals surface area contributed by atoms with Gasteiger partial charge in [0.25, 0.3) is 0 Å². The maximum atomic E-state index is 12.1. The largest absolute Gasteiger partial charge is 0.497 e. The lowest BCUT2D eigenvalue weighted by molar-refractivity contribution is 0.221. The van der Waals surface area contributed by atoms with E-state index >= 15 is 0 Å². The third-order valence-electron chi connectivity index (χ3n) is 3.71. The molecule has 1 heterocycles. The van der Waals surface area contributed by atoms with Gasteiger partial charge in [0.05, 0.1) is 19.9 Å². The molecule has 0 aromatic heterocycles. The molecule has 0 spiro atoms. The minimum absolute atomic E-state index is 0.201. The van der Waals surface area contributed by atoms with E-state index in [9.17, 15) is 4.79 Å². The molecule has 0 radical (unpaired) electrons. The second-order valence-electron chi connectivity index (χ2n) is 5.24. The molecule has 1 aromatic rings. The SMILES string of the molecule is COc1ccc(NC(=O)NC2CCN(C)CC2)c(OC)c1. The number of rotatable bonds is 4. The van der Waals surface area contributed by atoms with Gasteiger partial charge in [-0.25, -0.2) is 4.79 Å². The summed E-state index contributed by atoms with van der Waals surface area (Å²) in [5.74, 6) is 1.26. The lowest BCUT2D eigenvalue weighted by Gasteiger charge is -2.29. The minimum atomic E-state index is -0.201. The van der Waals surface area contributed by atoms with Crippen molar-refractivity contribution < 1.29 is 14.3 Å². The molecule has 1 aromatic carbocycles. The van der Waals surface area contributed by atoms with Gasteiger partial charge in [0.15, 0.2) is 0 Å². The van der Waals surface area contributed by atoms with Gasteiger partial charge in [0.1, 0.15) is 11.5 Å². The van der Waals surface area contributed by atoms with Gasteiger partial charge in [-0.05, 0) is 45.1 Å². The van der Waals surface area contributed by atoms with Crippen molar-refractivity contribution in [3.63, 3.8) is 0 Å². The van der Waals surface area contributed by atoms with Gasteiger partial charge in [-0.15, -0.1) is 0 Å². The van der Waals surface area contributed by atoms with Gasteiger partial charge in [-0.1, -0.05) is 0 Å². The van der Waals surface area contributed by atoms with E-state index in [2.05, 4.69) is 22.6 Å². The molecule has 0 unspecified atom stereocenters. The molecule has 2 rings (SSSR count). The first-order valence-electron chi connectivity index (χ1n) is 7.10. The lowest BCUT2D eigenvalue weighted by Crippen LogP contribution is -2.44. The van der Waals surface area contributed by atoms with Crippen molar-refractivity contribution in [2.24, 2.45) is 0 Å². The Morgan fingerprint density at radius 2 is 1.95 bits per heavy atom. The van der Waals surface area contributed by atoms with Crippen LogP contribution in [-0.2, 0) is 0 Å². The number of urea groups is 1. The molecule has 1 aliphatic rings. The summed E-state index contributed by atoms with van der Waals surface area (Å²) in [4.78, 5) is 14.3.